The van der Waals surface area contributed by atoms with Crippen molar-refractivity contribution in [1.82, 2.24) is 19.8 Å². The van der Waals surface area contributed by atoms with Gasteiger partial charge in [0.2, 0.25) is 0 Å². The molecular weight excluding hydrogens is 398 g/mol. The van der Waals surface area contributed by atoms with Gasteiger partial charge in [0.1, 0.15) is 11.6 Å². The second kappa shape index (κ2) is 9.20. The highest BCUT2D eigenvalue weighted by molar-refractivity contribution is 5.78. The first-order valence-electron chi connectivity index (χ1n) is 10.6. The van der Waals surface area contributed by atoms with Gasteiger partial charge < -0.3 is 25.3 Å². The summed E-state index contributed by atoms with van der Waals surface area (Å²) in [5.74, 6) is -0.0847. The minimum absolute atomic E-state index is 0.0524. The van der Waals surface area contributed by atoms with E-state index in [1.807, 2.05) is 0 Å². The quantitative estimate of drug-likeness (QED) is 0.594. The highest BCUT2D eigenvalue weighted by Gasteiger charge is 2.35. The molecular formula is C22H27N5O4. The number of aromatic hydroxyl groups is 1. The number of nitrogens with zero attached hydrogens (tertiary/aromatic N) is 4. The van der Waals surface area contributed by atoms with E-state index in [0.29, 0.717) is 25.2 Å². The molecule has 4 rings (SSSR count). The molecule has 0 bridgehead atoms. The molecule has 0 aromatic carbocycles. The van der Waals surface area contributed by atoms with Gasteiger partial charge in [-0.3, -0.25) is 9.78 Å². The maximum absolute atomic E-state index is 13.0. The number of pyridine rings is 2. The maximum Gasteiger partial charge on any atom is 0.320 e. The van der Waals surface area contributed by atoms with Gasteiger partial charge in [0, 0.05) is 38.1 Å². The minimum atomic E-state index is -1.01. The molecule has 2 aliphatic heterocycles. The molecule has 3 N–H and O–H groups in total. The van der Waals surface area contributed by atoms with Crippen LogP contribution >= 0.6 is 0 Å². The maximum atomic E-state index is 13.0. The number of aliphatic carboxylic acids is 1. The van der Waals surface area contributed by atoms with Crippen molar-refractivity contribution < 1.29 is 19.8 Å². The van der Waals surface area contributed by atoms with Crippen LogP contribution in [0.3, 0.4) is 0 Å². The van der Waals surface area contributed by atoms with Gasteiger partial charge in [0.05, 0.1) is 18.7 Å². The van der Waals surface area contributed by atoms with E-state index < -0.39 is 12.0 Å². The number of carboxylic acid groups (broad SMARTS) is 1. The summed E-state index contributed by atoms with van der Waals surface area (Å²) in [6.45, 7) is 2.52. The van der Waals surface area contributed by atoms with Gasteiger partial charge in [0.25, 0.3) is 0 Å². The monoisotopic (exact) mass is 425 g/mol. The van der Waals surface area contributed by atoms with Crippen LogP contribution in [-0.4, -0.2) is 68.2 Å². The number of hydrogen-bond acceptors (Lipinski definition) is 6. The Morgan fingerprint density at radius 3 is 2.94 bits per heavy atom. The van der Waals surface area contributed by atoms with Crippen LogP contribution in [0.4, 0.5) is 10.6 Å². The van der Waals surface area contributed by atoms with Crippen LogP contribution in [0.25, 0.3) is 0 Å². The number of aromatic nitrogens is 2. The SMILES string of the molecule is O=C(O)CC(c1cncc(O)c1)N1CCN(CCCc2ccc3c(n2)NCCC3)C1=O. The Morgan fingerprint density at radius 1 is 1.26 bits per heavy atom. The second-order valence-electron chi connectivity index (χ2n) is 8.00. The first-order valence-corrected chi connectivity index (χ1v) is 10.6. The third-order valence-electron chi connectivity index (χ3n) is 5.81. The highest BCUT2D eigenvalue weighted by Crippen LogP contribution is 2.29. The molecule has 164 valence electrons. The molecule has 2 aliphatic rings. The zero-order chi connectivity index (χ0) is 21.8. The Bertz CT molecular complexity index is 967. The van der Waals surface area contributed by atoms with Crippen molar-refractivity contribution in [1.29, 1.82) is 0 Å². The van der Waals surface area contributed by atoms with Crippen molar-refractivity contribution in [3.8, 4) is 5.75 Å². The van der Waals surface area contributed by atoms with Crippen LogP contribution in [0.15, 0.2) is 30.6 Å². The van der Waals surface area contributed by atoms with Crippen LogP contribution in [0.1, 0.15) is 42.1 Å². The Balaban J connectivity index is 1.37. The number of rotatable bonds is 8. The van der Waals surface area contributed by atoms with E-state index in [1.165, 1.54) is 24.0 Å². The number of anilines is 1. The third-order valence-corrected chi connectivity index (χ3v) is 5.81. The van der Waals surface area contributed by atoms with Gasteiger partial charge in [0.15, 0.2) is 0 Å². The summed E-state index contributed by atoms with van der Waals surface area (Å²) in [6, 6.07) is 4.80. The van der Waals surface area contributed by atoms with E-state index in [-0.39, 0.29) is 18.2 Å². The summed E-state index contributed by atoms with van der Waals surface area (Å²) < 4.78 is 0. The zero-order valence-electron chi connectivity index (χ0n) is 17.3. The van der Waals surface area contributed by atoms with Crippen LogP contribution in [-0.2, 0) is 17.6 Å². The van der Waals surface area contributed by atoms with E-state index in [2.05, 4.69) is 22.4 Å². The molecule has 31 heavy (non-hydrogen) atoms. The third kappa shape index (κ3) is 4.87. The van der Waals surface area contributed by atoms with Gasteiger partial charge in [-0.2, -0.15) is 0 Å². The minimum Gasteiger partial charge on any atom is -0.506 e. The largest absolute Gasteiger partial charge is 0.506 e. The molecule has 2 amide bonds. The Hall–Kier alpha value is -3.36. The van der Waals surface area contributed by atoms with Crippen molar-refractivity contribution in [2.45, 2.75) is 38.1 Å². The van der Waals surface area contributed by atoms with Gasteiger partial charge >= 0.3 is 12.0 Å². The Morgan fingerprint density at radius 2 is 2.13 bits per heavy atom. The van der Waals surface area contributed by atoms with Crippen molar-refractivity contribution in [2.24, 2.45) is 0 Å². The molecule has 9 heteroatoms. The average molecular weight is 425 g/mol. The predicted octanol–water partition coefficient (Wildman–Crippen LogP) is 2.43. The van der Waals surface area contributed by atoms with Gasteiger partial charge in [-0.25, -0.2) is 9.78 Å². The van der Waals surface area contributed by atoms with Gasteiger partial charge in [-0.15, -0.1) is 0 Å². The van der Waals surface area contributed by atoms with E-state index in [4.69, 9.17) is 4.98 Å². The van der Waals surface area contributed by atoms with Crippen molar-refractivity contribution in [3.63, 3.8) is 0 Å². The van der Waals surface area contributed by atoms with Crippen molar-refractivity contribution >= 4 is 17.8 Å². The van der Waals surface area contributed by atoms with Crippen molar-refractivity contribution in [2.75, 3.05) is 31.5 Å². The number of carboxylic acids is 1. The number of carbonyl (C=O) groups is 2. The van der Waals surface area contributed by atoms with E-state index in [1.54, 1.807) is 9.80 Å². The van der Waals surface area contributed by atoms with E-state index >= 15 is 0 Å². The summed E-state index contributed by atoms with van der Waals surface area (Å²) in [7, 11) is 0. The first-order chi connectivity index (χ1) is 15.0. The van der Waals surface area contributed by atoms with Crippen LogP contribution in [0, 0.1) is 0 Å². The van der Waals surface area contributed by atoms with Crippen LogP contribution in [0.2, 0.25) is 0 Å². The lowest BCUT2D eigenvalue weighted by Gasteiger charge is -2.27. The summed E-state index contributed by atoms with van der Waals surface area (Å²) in [4.78, 5) is 36.3. The number of amides is 2. The molecule has 0 spiro atoms. The fraction of sp³-hybridized carbons (Fsp3) is 0.455. The lowest BCUT2D eigenvalue weighted by Crippen LogP contribution is -2.36. The Kier molecular flexibility index (Phi) is 6.20. The van der Waals surface area contributed by atoms with Crippen LogP contribution in [0.5, 0.6) is 5.75 Å². The molecule has 4 heterocycles. The van der Waals surface area contributed by atoms with Crippen LogP contribution < -0.4 is 5.32 Å². The normalized spacial score (nSPS) is 16.7. The molecule has 1 fully saturated rings. The van der Waals surface area contributed by atoms with E-state index in [0.717, 1.165) is 43.7 Å². The second-order valence-corrected chi connectivity index (χ2v) is 8.00. The summed E-state index contributed by atoms with van der Waals surface area (Å²) in [6.07, 6.45) is 6.28. The summed E-state index contributed by atoms with van der Waals surface area (Å²) >= 11 is 0. The Labute approximate surface area is 180 Å². The first kappa shape index (κ1) is 20.9. The number of fused-ring (bicyclic) bond motifs is 1. The molecule has 9 nitrogen and oxygen atoms in total. The number of carbonyl (C=O) groups excluding carboxylic acids is 1. The van der Waals surface area contributed by atoms with Gasteiger partial charge in [-0.05, 0) is 48.9 Å². The molecule has 0 aliphatic carbocycles. The standard InChI is InChI=1S/C22H27N5O4/c28-18-11-16(13-23-14-18)19(12-20(29)30)27-10-9-26(22(27)31)8-2-4-17-6-5-15-3-1-7-24-21(15)25-17/h5-6,11,13-14,19,28H,1-4,7-10,12H2,(H,24,25)(H,29,30). The molecule has 1 atom stereocenters. The number of aryl methyl sites for hydroxylation is 2. The lowest BCUT2D eigenvalue weighted by atomic mass is 10.0. The topological polar surface area (TPSA) is 119 Å². The fourth-order valence-electron chi connectivity index (χ4n) is 4.26. The average Bonchev–Trinajstić information content (AvgIpc) is 3.12. The molecule has 0 radical (unpaired) electrons. The molecule has 0 saturated carbocycles. The van der Waals surface area contributed by atoms with Gasteiger partial charge in [-0.1, -0.05) is 6.07 Å². The number of hydrogen-bond donors (Lipinski definition) is 3. The smallest absolute Gasteiger partial charge is 0.320 e. The zero-order valence-corrected chi connectivity index (χ0v) is 17.3. The highest BCUT2D eigenvalue weighted by atomic mass is 16.4. The predicted molar refractivity (Wildman–Crippen MR) is 114 cm³/mol. The number of nitrogens with one attached hydrogen (secondary N) is 1. The van der Waals surface area contributed by atoms with E-state index in [9.17, 15) is 19.8 Å². The fourth-order valence-corrected chi connectivity index (χ4v) is 4.26. The molecule has 1 unspecified atom stereocenters. The molecule has 1 saturated heterocycles. The molecule has 2 aromatic heterocycles. The van der Waals surface area contributed by atoms with Crippen molar-refractivity contribution in [3.05, 3.63) is 47.4 Å². The lowest BCUT2D eigenvalue weighted by molar-refractivity contribution is -0.138. The molecule has 2 aromatic rings. The summed E-state index contributed by atoms with van der Waals surface area (Å²) in [5, 5.41) is 22.4. The summed E-state index contributed by atoms with van der Waals surface area (Å²) in [5.41, 5.74) is 2.78. The number of urea groups is 1.